The Morgan fingerprint density at radius 2 is 1.97 bits per heavy atom. The van der Waals surface area contributed by atoms with Gasteiger partial charge < -0.3 is 15.0 Å². The van der Waals surface area contributed by atoms with Crippen LogP contribution in [-0.2, 0) is 17.8 Å². The lowest BCUT2D eigenvalue weighted by Crippen LogP contribution is -2.60. The van der Waals surface area contributed by atoms with Gasteiger partial charge in [-0.2, -0.15) is 0 Å². The summed E-state index contributed by atoms with van der Waals surface area (Å²) in [6.07, 6.45) is 7.58. The molecule has 0 radical (unpaired) electrons. The van der Waals surface area contributed by atoms with E-state index in [2.05, 4.69) is 21.4 Å². The molecular weight excluding hydrogens is 404 g/mol. The number of ether oxygens (including phenoxy) is 1. The number of benzene rings is 1. The molecule has 1 fully saturated rings. The molecule has 4 rings (SSSR count). The largest absolute Gasteiger partial charge is 0.493 e. The molecule has 1 aromatic heterocycles. The third kappa shape index (κ3) is 4.47. The summed E-state index contributed by atoms with van der Waals surface area (Å²) in [5.41, 5.74) is 1.75. The van der Waals surface area contributed by atoms with E-state index in [0.717, 1.165) is 43.6 Å². The Hall–Kier alpha value is -2.96. The van der Waals surface area contributed by atoms with Crippen molar-refractivity contribution < 1.29 is 14.3 Å². The molecule has 7 heteroatoms. The number of amides is 2. The van der Waals surface area contributed by atoms with Gasteiger partial charge in [-0.05, 0) is 56.2 Å². The van der Waals surface area contributed by atoms with Gasteiger partial charge in [0.25, 0.3) is 5.91 Å². The molecule has 1 atom stereocenters. The summed E-state index contributed by atoms with van der Waals surface area (Å²) < 4.78 is 5.68. The average Bonchev–Trinajstić information content (AvgIpc) is 2.82. The standard InChI is InChI=1S/C25H32N4O3/c1-17(2)22-26-15-20(16-27-22)23(30)29-11-5-4-10-25(29,3)24(31)28-14-18-8-9-21-19(13-18)7-6-12-32-21/h8-9,13,15-17H,4-7,10-12,14H2,1-3H3,(H,28,31)/t25-/m1/s1. The van der Waals surface area contributed by atoms with Gasteiger partial charge in [0.15, 0.2) is 0 Å². The second-order valence-electron chi connectivity index (χ2n) is 9.25. The third-order valence-electron chi connectivity index (χ3n) is 6.49. The molecule has 1 aromatic carbocycles. The number of piperidine rings is 1. The van der Waals surface area contributed by atoms with Crippen LogP contribution >= 0.6 is 0 Å². The maximum Gasteiger partial charge on any atom is 0.257 e. The first-order valence-corrected chi connectivity index (χ1v) is 11.6. The van der Waals surface area contributed by atoms with Crippen LogP contribution in [0, 0.1) is 0 Å². The van der Waals surface area contributed by atoms with Crippen LogP contribution in [-0.4, -0.2) is 45.4 Å². The van der Waals surface area contributed by atoms with E-state index < -0.39 is 5.54 Å². The molecule has 170 valence electrons. The van der Waals surface area contributed by atoms with E-state index in [-0.39, 0.29) is 17.7 Å². The Kier molecular flexibility index (Phi) is 6.44. The number of carbonyl (C=O) groups is 2. The first-order chi connectivity index (χ1) is 15.4. The zero-order valence-electron chi connectivity index (χ0n) is 19.2. The number of rotatable bonds is 5. The monoisotopic (exact) mass is 436 g/mol. The molecule has 1 N–H and O–H groups in total. The summed E-state index contributed by atoms with van der Waals surface area (Å²) in [5.74, 6) is 1.52. The van der Waals surface area contributed by atoms with Gasteiger partial charge in [0.1, 0.15) is 17.1 Å². The van der Waals surface area contributed by atoms with E-state index in [1.54, 1.807) is 17.3 Å². The minimum Gasteiger partial charge on any atom is -0.493 e. The minimum absolute atomic E-state index is 0.126. The summed E-state index contributed by atoms with van der Waals surface area (Å²) in [5, 5.41) is 3.07. The summed E-state index contributed by atoms with van der Waals surface area (Å²) in [6.45, 7) is 7.62. The molecule has 3 heterocycles. The number of carbonyl (C=O) groups excluding carboxylic acids is 2. The van der Waals surface area contributed by atoms with Gasteiger partial charge in [-0.25, -0.2) is 9.97 Å². The minimum atomic E-state index is -0.899. The molecule has 2 aliphatic heterocycles. The van der Waals surface area contributed by atoms with Gasteiger partial charge >= 0.3 is 0 Å². The zero-order chi connectivity index (χ0) is 22.7. The molecule has 0 saturated carbocycles. The fraction of sp³-hybridized carbons (Fsp3) is 0.520. The molecule has 2 aromatic rings. The van der Waals surface area contributed by atoms with Crippen LogP contribution < -0.4 is 10.1 Å². The number of aromatic nitrogens is 2. The fourth-order valence-electron chi connectivity index (χ4n) is 4.48. The van der Waals surface area contributed by atoms with Gasteiger partial charge in [0.05, 0.1) is 12.2 Å². The second kappa shape index (κ2) is 9.27. The highest BCUT2D eigenvalue weighted by molar-refractivity contribution is 5.99. The molecule has 0 bridgehead atoms. The van der Waals surface area contributed by atoms with Crippen molar-refractivity contribution in [3.63, 3.8) is 0 Å². The number of hydrogen-bond acceptors (Lipinski definition) is 5. The van der Waals surface area contributed by atoms with Crippen LogP contribution in [0.15, 0.2) is 30.6 Å². The van der Waals surface area contributed by atoms with Crippen molar-refractivity contribution >= 4 is 11.8 Å². The van der Waals surface area contributed by atoms with Crippen molar-refractivity contribution in [2.45, 2.75) is 70.9 Å². The third-order valence-corrected chi connectivity index (χ3v) is 6.49. The number of hydrogen-bond donors (Lipinski definition) is 1. The number of nitrogens with one attached hydrogen (secondary N) is 1. The molecule has 0 spiro atoms. The predicted octanol–water partition coefficient (Wildman–Crippen LogP) is 3.63. The van der Waals surface area contributed by atoms with Crippen molar-refractivity contribution in [1.29, 1.82) is 0 Å². The first-order valence-electron chi connectivity index (χ1n) is 11.6. The summed E-state index contributed by atoms with van der Waals surface area (Å²) in [6, 6.07) is 6.08. The van der Waals surface area contributed by atoms with E-state index in [4.69, 9.17) is 4.74 Å². The van der Waals surface area contributed by atoms with Crippen molar-refractivity contribution in [3.05, 3.63) is 53.1 Å². The quantitative estimate of drug-likeness (QED) is 0.774. The Balaban J connectivity index is 1.47. The summed E-state index contributed by atoms with van der Waals surface area (Å²) in [4.78, 5) is 36.9. The Morgan fingerprint density at radius 1 is 1.19 bits per heavy atom. The Bertz CT molecular complexity index is 989. The molecular formula is C25H32N4O3. The van der Waals surface area contributed by atoms with Crippen LogP contribution in [0.5, 0.6) is 5.75 Å². The van der Waals surface area contributed by atoms with E-state index in [1.807, 2.05) is 32.9 Å². The topological polar surface area (TPSA) is 84.4 Å². The summed E-state index contributed by atoms with van der Waals surface area (Å²) in [7, 11) is 0. The van der Waals surface area contributed by atoms with Crippen LogP contribution in [0.3, 0.4) is 0 Å². The average molecular weight is 437 g/mol. The van der Waals surface area contributed by atoms with Crippen molar-refractivity contribution in [3.8, 4) is 5.75 Å². The van der Waals surface area contributed by atoms with Crippen LogP contribution in [0.4, 0.5) is 0 Å². The highest BCUT2D eigenvalue weighted by Gasteiger charge is 2.44. The highest BCUT2D eigenvalue weighted by atomic mass is 16.5. The number of fused-ring (bicyclic) bond motifs is 1. The van der Waals surface area contributed by atoms with Crippen molar-refractivity contribution in [2.24, 2.45) is 0 Å². The van der Waals surface area contributed by atoms with E-state index in [1.165, 1.54) is 5.56 Å². The van der Waals surface area contributed by atoms with Crippen LogP contribution in [0.2, 0.25) is 0 Å². The normalized spacial score (nSPS) is 20.4. The van der Waals surface area contributed by atoms with Gasteiger partial charge in [0.2, 0.25) is 5.91 Å². The highest BCUT2D eigenvalue weighted by Crippen LogP contribution is 2.30. The second-order valence-corrected chi connectivity index (χ2v) is 9.25. The molecule has 7 nitrogen and oxygen atoms in total. The lowest BCUT2D eigenvalue weighted by Gasteiger charge is -2.43. The first kappa shape index (κ1) is 22.2. The lowest BCUT2D eigenvalue weighted by molar-refractivity contribution is -0.133. The van der Waals surface area contributed by atoms with E-state index in [0.29, 0.717) is 30.9 Å². The van der Waals surface area contributed by atoms with Gasteiger partial charge in [-0.1, -0.05) is 26.0 Å². The zero-order valence-corrected chi connectivity index (χ0v) is 19.2. The smallest absolute Gasteiger partial charge is 0.257 e. The fourth-order valence-corrected chi connectivity index (χ4v) is 4.48. The molecule has 2 aliphatic rings. The maximum atomic E-state index is 13.3. The van der Waals surface area contributed by atoms with Gasteiger partial charge in [0, 0.05) is 31.4 Å². The number of nitrogens with zero attached hydrogens (tertiary/aromatic N) is 3. The predicted molar refractivity (Wildman–Crippen MR) is 122 cm³/mol. The Morgan fingerprint density at radius 3 is 2.72 bits per heavy atom. The summed E-state index contributed by atoms with van der Waals surface area (Å²) >= 11 is 0. The van der Waals surface area contributed by atoms with E-state index in [9.17, 15) is 9.59 Å². The number of likely N-dealkylation sites (tertiary alicyclic amines) is 1. The maximum absolute atomic E-state index is 13.3. The van der Waals surface area contributed by atoms with Gasteiger partial charge in [-0.3, -0.25) is 9.59 Å². The molecule has 2 amide bonds. The number of aryl methyl sites for hydroxylation is 1. The van der Waals surface area contributed by atoms with Crippen LogP contribution in [0.25, 0.3) is 0 Å². The lowest BCUT2D eigenvalue weighted by atomic mass is 9.86. The SMILES string of the molecule is CC(C)c1ncc(C(=O)N2CCCC[C@]2(C)C(=O)NCc2ccc3c(c2)CCCO3)cn1. The molecule has 1 saturated heterocycles. The Labute approximate surface area is 189 Å². The van der Waals surface area contributed by atoms with Crippen molar-refractivity contribution in [1.82, 2.24) is 20.2 Å². The molecule has 32 heavy (non-hydrogen) atoms. The van der Waals surface area contributed by atoms with E-state index >= 15 is 0 Å². The molecule has 0 unspecified atom stereocenters. The van der Waals surface area contributed by atoms with Gasteiger partial charge in [-0.15, -0.1) is 0 Å². The van der Waals surface area contributed by atoms with Crippen molar-refractivity contribution in [2.75, 3.05) is 13.2 Å². The van der Waals surface area contributed by atoms with Crippen LogP contribution in [0.1, 0.15) is 79.7 Å². The molecule has 0 aliphatic carbocycles.